The molecule has 4 heterocycles. The molecule has 9 rings (SSSR count). The molecule has 4 saturated heterocycles. The van der Waals surface area contributed by atoms with Gasteiger partial charge < -0.3 is 9.47 Å². The summed E-state index contributed by atoms with van der Waals surface area (Å²) in [5.74, 6) is 5.85. The van der Waals surface area contributed by atoms with Crippen LogP contribution >= 0.6 is 0 Å². The van der Waals surface area contributed by atoms with Crippen LogP contribution in [0.3, 0.4) is 0 Å². The van der Waals surface area contributed by atoms with E-state index in [2.05, 4.69) is 0 Å². The molecule has 6 bridgehead atoms. The van der Waals surface area contributed by atoms with Crippen molar-refractivity contribution < 1.29 is 9.47 Å². The van der Waals surface area contributed by atoms with E-state index in [-0.39, 0.29) is 0 Å². The van der Waals surface area contributed by atoms with Crippen molar-refractivity contribution in [3.63, 3.8) is 0 Å². The molecule has 9 unspecified atom stereocenters. The second-order valence-electron chi connectivity index (χ2n) is 8.20. The normalized spacial score (nSPS) is 83.3. The topological polar surface area (TPSA) is 18.5 Å². The van der Waals surface area contributed by atoms with Crippen LogP contribution in [-0.2, 0) is 9.47 Å². The van der Waals surface area contributed by atoms with Gasteiger partial charge in [0.1, 0.15) is 0 Å². The first-order chi connectivity index (χ1) is 8.30. The fourth-order valence-electron chi connectivity index (χ4n) is 8.06. The minimum atomic E-state index is 0.394. The number of fused-ring (bicyclic) bond motifs is 3. The van der Waals surface area contributed by atoms with Crippen LogP contribution in [0.4, 0.5) is 0 Å². The van der Waals surface area contributed by atoms with Crippen molar-refractivity contribution >= 4 is 0 Å². The third kappa shape index (κ3) is 0.565. The van der Waals surface area contributed by atoms with E-state index in [0.717, 1.165) is 35.5 Å². The monoisotopic (exact) mass is 230 g/mol. The maximum atomic E-state index is 6.27. The molecule has 2 heteroatoms. The van der Waals surface area contributed by atoms with Crippen LogP contribution in [0.1, 0.15) is 32.1 Å². The minimum Gasteiger partial charge on any atom is -0.371 e. The fraction of sp³-hybridized carbons (Fsp3) is 1.00. The first-order valence-corrected chi connectivity index (χ1v) is 7.65. The molecule has 5 saturated carbocycles. The van der Waals surface area contributed by atoms with E-state index in [1.54, 1.807) is 0 Å². The van der Waals surface area contributed by atoms with E-state index in [4.69, 9.17) is 9.47 Å². The van der Waals surface area contributed by atoms with Crippen LogP contribution in [0.15, 0.2) is 0 Å². The van der Waals surface area contributed by atoms with Crippen LogP contribution in [0, 0.1) is 35.5 Å². The predicted molar refractivity (Wildman–Crippen MR) is 59.2 cm³/mol. The molecule has 0 amide bonds. The van der Waals surface area contributed by atoms with Gasteiger partial charge in [-0.2, -0.15) is 0 Å². The Labute approximate surface area is 101 Å². The van der Waals surface area contributed by atoms with Crippen LogP contribution < -0.4 is 0 Å². The lowest BCUT2D eigenvalue weighted by molar-refractivity contribution is -0.252. The van der Waals surface area contributed by atoms with Crippen molar-refractivity contribution in [2.45, 2.75) is 55.5 Å². The molecule has 4 aliphatic heterocycles. The highest BCUT2D eigenvalue weighted by Gasteiger charge is 2.82. The smallest absolute Gasteiger partial charge is 0.0748 e. The maximum Gasteiger partial charge on any atom is 0.0748 e. The van der Waals surface area contributed by atoms with E-state index in [1.165, 1.54) is 32.1 Å². The molecule has 2 nitrogen and oxygen atoms in total. The van der Waals surface area contributed by atoms with Crippen LogP contribution in [-0.4, -0.2) is 23.4 Å². The number of rotatable bonds is 0. The average Bonchev–Trinajstić information content (AvgIpc) is 3.00. The lowest BCUT2D eigenvalue weighted by Gasteiger charge is -2.54. The summed E-state index contributed by atoms with van der Waals surface area (Å²) < 4.78 is 12.5. The Bertz CT molecular complexity index is 460. The molecule has 0 N–H and O–H groups in total. The zero-order valence-electron chi connectivity index (χ0n) is 9.97. The van der Waals surface area contributed by atoms with Crippen LogP contribution in [0.25, 0.3) is 0 Å². The van der Waals surface area contributed by atoms with Crippen molar-refractivity contribution in [1.29, 1.82) is 0 Å². The molecular formula is C15H18O2. The summed E-state index contributed by atoms with van der Waals surface area (Å²) in [6, 6.07) is 0. The Morgan fingerprint density at radius 2 is 1.47 bits per heavy atom. The Kier molecular flexibility index (Phi) is 0.924. The summed E-state index contributed by atoms with van der Waals surface area (Å²) in [5, 5.41) is 0. The maximum absolute atomic E-state index is 6.27. The summed E-state index contributed by atoms with van der Waals surface area (Å²) in [6.45, 7) is 0. The summed E-state index contributed by atoms with van der Waals surface area (Å²) in [6.07, 6.45) is 8.54. The first-order valence-electron chi connectivity index (χ1n) is 7.65. The highest BCUT2D eigenvalue weighted by Crippen LogP contribution is 2.80. The molecule has 10 atom stereocenters. The van der Waals surface area contributed by atoms with E-state index in [9.17, 15) is 0 Å². The van der Waals surface area contributed by atoms with Gasteiger partial charge in [-0.05, 0) is 54.8 Å². The van der Waals surface area contributed by atoms with Gasteiger partial charge in [0.25, 0.3) is 0 Å². The van der Waals surface area contributed by atoms with Crippen molar-refractivity contribution in [3.8, 4) is 0 Å². The summed E-state index contributed by atoms with van der Waals surface area (Å²) in [5.41, 5.74) is 0.789. The molecule has 9 aliphatic rings. The van der Waals surface area contributed by atoms with Crippen molar-refractivity contribution in [2.75, 3.05) is 0 Å². The van der Waals surface area contributed by atoms with Gasteiger partial charge >= 0.3 is 0 Å². The van der Waals surface area contributed by atoms with Crippen molar-refractivity contribution in [3.05, 3.63) is 0 Å². The standard InChI is InChI=1S/C15H18O2/c1-6-7-2-15(5-10(7)17-15)13(6)12-8-3-14(9(1)12)4-11(8)16-14/h6-13H,1-5H2/t6?,7?,8?,9?,10?,11?,12?,13?,14?,15-/m1/s1. The van der Waals surface area contributed by atoms with Gasteiger partial charge in [-0.15, -0.1) is 0 Å². The second-order valence-corrected chi connectivity index (χ2v) is 8.20. The predicted octanol–water partition coefficient (Wildman–Crippen LogP) is 1.98. The van der Waals surface area contributed by atoms with Gasteiger partial charge in [0.15, 0.2) is 0 Å². The van der Waals surface area contributed by atoms with Gasteiger partial charge in [0.05, 0.1) is 23.4 Å². The molecule has 9 fully saturated rings. The van der Waals surface area contributed by atoms with Gasteiger partial charge in [-0.25, -0.2) is 0 Å². The molecule has 17 heavy (non-hydrogen) atoms. The Balaban J connectivity index is 1.43. The average molecular weight is 230 g/mol. The Hall–Kier alpha value is -0.0800. The number of hydrogen-bond acceptors (Lipinski definition) is 2. The van der Waals surface area contributed by atoms with Gasteiger partial charge in [0, 0.05) is 12.8 Å². The molecule has 2 spiro atoms. The van der Waals surface area contributed by atoms with E-state index in [0.29, 0.717) is 23.4 Å². The molecule has 5 aliphatic carbocycles. The van der Waals surface area contributed by atoms with E-state index >= 15 is 0 Å². The number of hydrogen-bond donors (Lipinski definition) is 0. The van der Waals surface area contributed by atoms with Crippen molar-refractivity contribution in [1.82, 2.24) is 0 Å². The SMILES string of the molecule is C1C2C3C[C@@]4(CC3O4)C2C2C3CC4(CC3O4)C12. The third-order valence-corrected chi connectivity index (χ3v) is 8.18. The molecule has 0 aromatic rings. The van der Waals surface area contributed by atoms with Gasteiger partial charge in [0.2, 0.25) is 0 Å². The third-order valence-electron chi connectivity index (χ3n) is 8.18. The number of ether oxygens (including phenoxy) is 2. The fourth-order valence-corrected chi connectivity index (χ4v) is 8.06. The largest absolute Gasteiger partial charge is 0.371 e. The molecular weight excluding hydrogens is 212 g/mol. The van der Waals surface area contributed by atoms with Crippen molar-refractivity contribution in [2.24, 2.45) is 35.5 Å². The molecule has 0 aromatic carbocycles. The molecule has 0 radical (unpaired) electrons. The quantitative estimate of drug-likeness (QED) is 0.633. The highest BCUT2D eigenvalue weighted by molar-refractivity contribution is 5.30. The second kappa shape index (κ2) is 1.92. The summed E-state index contributed by atoms with van der Waals surface area (Å²) in [7, 11) is 0. The van der Waals surface area contributed by atoms with Crippen LogP contribution in [0.5, 0.6) is 0 Å². The zero-order valence-corrected chi connectivity index (χ0v) is 9.97. The van der Waals surface area contributed by atoms with Gasteiger partial charge in [-0.3, -0.25) is 0 Å². The summed E-state index contributed by atoms with van der Waals surface area (Å²) in [4.78, 5) is 0. The first kappa shape index (κ1) is 8.16. The Morgan fingerprint density at radius 3 is 2.35 bits per heavy atom. The zero-order chi connectivity index (χ0) is 10.6. The lowest BCUT2D eigenvalue weighted by Crippen LogP contribution is -2.58. The summed E-state index contributed by atoms with van der Waals surface area (Å²) >= 11 is 0. The molecule has 90 valence electrons. The van der Waals surface area contributed by atoms with E-state index < -0.39 is 0 Å². The highest BCUT2D eigenvalue weighted by atomic mass is 16.6. The van der Waals surface area contributed by atoms with Crippen LogP contribution in [0.2, 0.25) is 0 Å². The minimum absolute atomic E-state index is 0.394. The Morgan fingerprint density at radius 1 is 0.765 bits per heavy atom. The molecule has 0 aromatic heterocycles. The van der Waals surface area contributed by atoms with E-state index in [1.807, 2.05) is 0 Å². The van der Waals surface area contributed by atoms with Gasteiger partial charge in [-0.1, -0.05) is 0 Å². The lowest BCUT2D eigenvalue weighted by atomic mass is 9.65.